The molecular weight excluding hydrogens is 356 g/mol. The third-order valence-corrected chi connectivity index (χ3v) is 12.3. The van der Waals surface area contributed by atoms with Crippen molar-refractivity contribution < 1.29 is 9.90 Å². The highest BCUT2D eigenvalue weighted by atomic mass is 16.4. The Morgan fingerprint density at radius 3 is 2.21 bits per heavy atom. The van der Waals surface area contributed by atoms with E-state index in [9.17, 15) is 9.90 Å². The first-order valence-corrected chi connectivity index (χ1v) is 12.6. The van der Waals surface area contributed by atoms with E-state index in [0.29, 0.717) is 39.9 Å². The van der Waals surface area contributed by atoms with Gasteiger partial charge in [-0.3, -0.25) is 4.79 Å². The summed E-state index contributed by atoms with van der Waals surface area (Å²) >= 11 is 0. The average molecular weight is 403 g/mol. The molecule has 4 rings (SSSR count). The van der Waals surface area contributed by atoms with Crippen LogP contribution in [0.5, 0.6) is 0 Å². The second-order valence-electron chi connectivity index (χ2n) is 13.2. The summed E-state index contributed by atoms with van der Waals surface area (Å²) in [5, 5.41) is 9.41. The number of carbonyl (C=O) groups is 1. The van der Waals surface area contributed by atoms with E-state index >= 15 is 0 Å². The number of hydrogen-bond donors (Lipinski definition) is 1. The quantitative estimate of drug-likeness (QED) is 0.533. The van der Waals surface area contributed by atoms with Crippen LogP contribution in [0.4, 0.5) is 0 Å². The molecule has 2 nitrogen and oxygen atoms in total. The number of rotatable bonds is 3. The Hall–Kier alpha value is -0.530. The molecule has 0 aromatic heterocycles. The van der Waals surface area contributed by atoms with Crippen molar-refractivity contribution in [3.8, 4) is 0 Å². The van der Waals surface area contributed by atoms with Gasteiger partial charge in [0.1, 0.15) is 0 Å². The van der Waals surface area contributed by atoms with Gasteiger partial charge in [0.05, 0.1) is 0 Å². The summed E-state index contributed by atoms with van der Waals surface area (Å²) in [6, 6.07) is 0. The van der Waals surface area contributed by atoms with Crippen LogP contribution in [0.1, 0.15) is 106 Å². The van der Waals surface area contributed by atoms with Crippen molar-refractivity contribution in [3.63, 3.8) is 0 Å². The van der Waals surface area contributed by atoms with Crippen molar-refractivity contribution in [3.05, 3.63) is 0 Å². The Balaban J connectivity index is 1.65. The van der Waals surface area contributed by atoms with Crippen LogP contribution >= 0.6 is 0 Å². The minimum Gasteiger partial charge on any atom is -0.481 e. The zero-order chi connectivity index (χ0) is 21.4. The van der Waals surface area contributed by atoms with Gasteiger partial charge in [0.25, 0.3) is 0 Å². The van der Waals surface area contributed by atoms with Crippen LogP contribution in [0, 0.1) is 57.2 Å². The lowest BCUT2D eigenvalue weighted by Gasteiger charge is -2.67. The molecule has 4 unspecified atom stereocenters. The van der Waals surface area contributed by atoms with Crippen LogP contribution in [0.2, 0.25) is 0 Å². The Morgan fingerprint density at radius 1 is 0.897 bits per heavy atom. The Bertz CT molecular complexity index is 667. The lowest BCUT2D eigenvalue weighted by atomic mass is 9.37. The average Bonchev–Trinajstić information content (AvgIpc) is 2.90. The first kappa shape index (κ1) is 21.7. The van der Waals surface area contributed by atoms with Gasteiger partial charge in [0, 0.05) is 6.42 Å². The minimum absolute atomic E-state index is 0.303. The predicted octanol–water partition coefficient (Wildman–Crippen LogP) is 7.42. The molecule has 0 radical (unpaired) electrons. The number of aliphatic carboxylic acids is 1. The smallest absolute Gasteiger partial charge is 0.303 e. The van der Waals surface area contributed by atoms with Gasteiger partial charge in [-0.1, -0.05) is 48.5 Å². The topological polar surface area (TPSA) is 37.3 Å². The molecule has 0 aliphatic heterocycles. The highest BCUT2D eigenvalue weighted by Gasteiger charge is 2.67. The van der Waals surface area contributed by atoms with Crippen molar-refractivity contribution in [2.75, 3.05) is 0 Å². The van der Waals surface area contributed by atoms with Gasteiger partial charge in [-0.2, -0.15) is 0 Å². The van der Waals surface area contributed by atoms with Gasteiger partial charge in [-0.25, -0.2) is 0 Å². The number of carboxylic acids is 1. The van der Waals surface area contributed by atoms with Crippen LogP contribution in [0.25, 0.3) is 0 Å². The molecule has 166 valence electrons. The molecule has 0 spiro atoms. The second-order valence-corrected chi connectivity index (χ2v) is 13.2. The molecule has 29 heavy (non-hydrogen) atoms. The van der Waals surface area contributed by atoms with E-state index in [0.717, 1.165) is 23.7 Å². The molecule has 4 aliphatic carbocycles. The standard InChI is InChI=1S/C27H46O2/c1-17(16-23(28)29)19-11-14-27(7)21-8-9-22-24(3,4)18(2)10-13-25(22,5)20(21)12-15-26(19,27)6/h17-22H,8-16H2,1-7H3,(H,28,29)/t17-,18+,19?,20?,21?,22?,25-,26-,27+/m1/s1. The zero-order valence-electron chi connectivity index (χ0n) is 20.2. The van der Waals surface area contributed by atoms with Gasteiger partial charge in [0.2, 0.25) is 0 Å². The van der Waals surface area contributed by atoms with Crippen molar-refractivity contribution >= 4 is 5.97 Å². The summed E-state index contributed by atoms with van der Waals surface area (Å²) in [5.74, 6) is 3.70. The van der Waals surface area contributed by atoms with Crippen LogP contribution < -0.4 is 0 Å². The van der Waals surface area contributed by atoms with E-state index in [1.54, 1.807) is 0 Å². The largest absolute Gasteiger partial charge is 0.481 e. The zero-order valence-corrected chi connectivity index (χ0v) is 20.2. The number of fused-ring (bicyclic) bond motifs is 5. The highest BCUT2D eigenvalue weighted by Crippen LogP contribution is 2.75. The van der Waals surface area contributed by atoms with Gasteiger partial charge in [0.15, 0.2) is 0 Å². The van der Waals surface area contributed by atoms with Crippen molar-refractivity contribution in [2.24, 2.45) is 57.2 Å². The third-order valence-electron chi connectivity index (χ3n) is 12.3. The predicted molar refractivity (Wildman–Crippen MR) is 120 cm³/mol. The molecule has 0 saturated heterocycles. The maximum absolute atomic E-state index is 11.4. The van der Waals surface area contributed by atoms with Crippen LogP contribution in [-0.4, -0.2) is 11.1 Å². The Labute approximate surface area is 179 Å². The van der Waals surface area contributed by atoms with E-state index in [-0.39, 0.29) is 0 Å². The van der Waals surface area contributed by atoms with E-state index < -0.39 is 5.97 Å². The minimum atomic E-state index is -0.616. The summed E-state index contributed by atoms with van der Waals surface area (Å²) in [4.78, 5) is 11.4. The number of hydrogen-bond acceptors (Lipinski definition) is 1. The fourth-order valence-electron chi connectivity index (χ4n) is 10.1. The molecule has 0 amide bonds. The Kier molecular flexibility index (Phi) is 5.04. The first-order valence-electron chi connectivity index (χ1n) is 12.6. The van der Waals surface area contributed by atoms with Gasteiger partial charge in [-0.05, 0) is 109 Å². The van der Waals surface area contributed by atoms with Crippen molar-refractivity contribution in [1.82, 2.24) is 0 Å². The molecule has 4 fully saturated rings. The SMILES string of the molecule is C[C@H](CC(=O)O)C1CC[C@@]2(C)C3CCC4C(C)(C)[C@@H](C)CC[C@]4(C)C3CC[C@]12C. The summed E-state index contributed by atoms with van der Waals surface area (Å²) < 4.78 is 0. The van der Waals surface area contributed by atoms with Gasteiger partial charge >= 0.3 is 5.97 Å². The normalized spacial score (nSPS) is 52.2. The molecule has 4 saturated carbocycles. The summed E-state index contributed by atoms with van der Waals surface area (Å²) in [6.45, 7) is 17.7. The van der Waals surface area contributed by atoms with Crippen molar-refractivity contribution in [1.29, 1.82) is 0 Å². The van der Waals surface area contributed by atoms with E-state index in [1.165, 1.54) is 51.4 Å². The van der Waals surface area contributed by atoms with Crippen molar-refractivity contribution in [2.45, 2.75) is 106 Å². The second kappa shape index (κ2) is 6.73. The fraction of sp³-hybridized carbons (Fsp3) is 0.963. The first-order chi connectivity index (χ1) is 13.4. The summed E-state index contributed by atoms with van der Waals surface area (Å²) in [7, 11) is 0. The van der Waals surface area contributed by atoms with Crippen LogP contribution in [0.15, 0.2) is 0 Å². The molecule has 0 heterocycles. The lowest BCUT2D eigenvalue weighted by Crippen LogP contribution is -2.60. The van der Waals surface area contributed by atoms with E-state index in [4.69, 9.17) is 0 Å². The molecular formula is C27H46O2. The number of carboxylic acid groups (broad SMARTS) is 1. The van der Waals surface area contributed by atoms with Crippen LogP contribution in [0.3, 0.4) is 0 Å². The molecule has 9 atom stereocenters. The van der Waals surface area contributed by atoms with Gasteiger partial charge in [-0.15, -0.1) is 0 Å². The molecule has 0 bridgehead atoms. The monoisotopic (exact) mass is 402 g/mol. The maximum Gasteiger partial charge on any atom is 0.303 e. The molecule has 0 aromatic rings. The van der Waals surface area contributed by atoms with Crippen LogP contribution in [-0.2, 0) is 4.79 Å². The summed E-state index contributed by atoms with van der Waals surface area (Å²) in [6.07, 6.45) is 11.2. The summed E-state index contributed by atoms with van der Waals surface area (Å²) in [5.41, 5.74) is 1.69. The Morgan fingerprint density at radius 2 is 1.55 bits per heavy atom. The van der Waals surface area contributed by atoms with Gasteiger partial charge < -0.3 is 5.11 Å². The lowest BCUT2D eigenvalue weighted by molar-refractivity contribution is -0.188. The molecule has 2 heteroatoms. The third kappa shape index (κ3) is 2.82. The van der Waals surface area contributed by atoms with E-state index in [1.807, 2.05) is 0 Å². The molecule has 4 aliphatic rings. The fourth-order valence-corrected chi connectivity index (χ4v) is 10.1. The molecule has 0 aromatic carbocycles. The van der Waals surface area contributed by atoms with E-state index in [2.05, 4.69) is 48.5 Å². The maximum atomic E-state index is 11.4. The highest BCUT2D eigenvalue weighted by molar-refractivity contribution is 5.67. The molecule has 1 N–H and O–H groups in total.